The number of aromatic nitrogens is 2. The van der Waals surface area contributed by atoms with Crippen molar-refractivity contribution in [2.24, 2.45) is 0 Å². The molecule has 0 spiro atoms. The minimum absolute atomic E-state index is 0.0462. The van der Waals surface area contributed by atoms with Gasteiger partial charge in [-0.05, 0) is 14.0 Å². The fraction of sp³-hybridized carbons (Fsp3) is 0.769. The first-order valence-electron chi connectivity index (χ1n) is 6.37. The van der Waals surface area contributed by atoms with Crippen LogP contribution in [0.25, 0.3) is 0 Å². The van der Waals surface area contributed by atoms with Crippen LogP contribution in [0.2, 0.25) is 0 Å². The largest absolute Gasteiger partial charge is 0.348 e. The highest BCUT2D eigenvalue weighted by molar-refractivity contribution is 5.77. The minimum atomic E-state index is -0.139. The van der Waals surface area contributed by atoms with Crippen molar-refractivity contribution in [3.63, 3.8) is 0 Å². The van der Waals surface area contributed by atoms with E-state index in [2.05, 4.69) is 10.1 Å². The van der Waals surface area contributed by atoms with Gasteiger partial charge in [0.05, 0.1) is 12.6 Å². The van der Waals surface area contributed by atoms with Crippen LogP contribution in [-0.4, -0.2) is 53.5 Å². The normalized spacial score (nSPS) is 13.7. The van der Waals surface area contributed by atoms with Crippen molar-refractivity contribution < 1.29 is 9.32 Å². The van der Waals surface area contributed by atoms with Crippen molar-refractivity contribution in [3.8, 4) is 0 Å². The summed E-state index contributed by atoms with van der Waals surface area (Å²) in [6.45, 7) is 8.37. The van der Waals surface area contributed by atoms with Gasteiger partial charge in [-0.15, -0.1) is 0 Å². The van der Waals surface area contributed by atoms with Gasteiger partial charge in [-0.3, -0.25) is 9.69 Å². The fourth-order valence-electron chi connectivity index (χ4n) is 1.39. The highest BCUT2D eigenvalue weighted by Crippen LogP contribution is 2.22. The summed E-state index contributed by atoms with van der Waals surface area (Å²) in [4.78, 5) is 19.5. The van der Waals surface area contributed by atoms with Crippen LogP contribution in [0.5, 0.6) is 0 Å². The van der Waals surface area contributed by atoms with E-state index in [-0.39, 0.29) is 17.4 Å². The maximum absolute atomic E-state index is 11.7. The van der Waals surface area contributed by atoms with Crippen molar-refractivity contribution in [2.45, 2.75) is 39.2 Å². The first-order valence-corrected chi connectivity index (χ1v) is 6.37. The summed E-state index contributed by atoms with van der Waals surface area (Å²) in [5.74, 6) is 1.27. The monoisotopic (exact) mass is 268 g/mol. The molecule has 0 saturated heterocycles. The summed E-state index contributed by atoms with van der Waals surface area (Å²) < 4.78 is 5.29. The number of carbonyl (C=O) groups excluding carboxylic acids is 1. The lowest BCUT2D eigenvalue weighted by Crippen LogP contribution is -2.35. The van der Waals surface area contributed by atoms with E-state index in [1.807, 2.05) is 39.6 Å². The maximum atomic E-state index is 11.7. The summed E-state index contributed by atoms with van der Waals surface area (Å²) in [6.07, 6.45) is 0. The van der Waals surface area contributed by atoms with Crippen LogP contribution in [0, 0.1) is 0 Å². The van der Waals surface area contributed by atoms with E-state index in [0.717, 1.165) is 0 Å². The molecule has 19 heavy (non-hydrogen) atoms. The number of nitrogens with zero attached hydrogens (tertiary/aromatic N) is 4. The predicted octanol–water partition coefficient (Wildman–Crippen LogP) is 1.45. The van der Waals surface area contributed by atoms with E-state index in [0.29, 0.717) is 18.3 Å². The quantitative estimate of drug-likeness (QED) is 0.827. The van der Waals surface area contributed by atoms with Gasteiger partial charge in [0.25, 0.3) is 0 Å². The Bertz CT molecular complexity index is 434. The zero-order valence-electron chi connectivity index (χ0n) is 12.9. The number of amides is 1. The Hall–Kier alpha value is -1.43. The van der Waals surface area contributed by atoms with Crippen molar-refractivity contribution in [2.75, 3.05) is 27.7 Å². The Kier molecular flexibility index (Phi) is 4.68. The Labute approximate surface area is 114 Å². The van der Waals surface area contributed by atoms with Gasteiger partial charge in [0.1, 0.15) is 0 Å². The molecule has 0 aliphatic rings. The van der Waals surface area contributed by atoms with Gasteiger partial charge in [-0.1, -0.05) is 25.9 Å². The molecule has 1 aromatic rings. The first kappa shape index (κ1) is 15.6. The lowest BCUT2D eigenvalue weighted by molar-refractivity contribution is -0.130. The summed E-state index contributed by atoms with van der Waals surface area (Å²) in [7, 11) is 5.35. The number of carbonyl (C=O) groups is 1. The molecule has 1 amide bonds. The number of hydrogen-bond acceptors (Lipinski definition) is 5. The first-order chi connectivity index (χ1) is 8.62. The molecule has 108 valence electrons. The number of rotatable bonds is 4. The van der Waals surface area contributed by atoms with Crippen LogP contribution in [0.4, 0.5) is 0 Å². The molecular formula is C13H24N4O2. The van der Waals surface area contributed by atoms with Gasteiger partial charge in [0.15, 0.2) is 5.82 Å². The molecule has 0 radical (unpaired) electrons. The fourth-order valence-corrected chi connectivity index (χ4v) is 1.39. The molecule has 1 unspecified atom stereocenters. The Morgan fingerprint density at radius 1 is 1.32 bits per heavy atom. The van der Waals surface area contributed by atoms with Crippen molar-refractivity contribution >= 4 is 5.91 Å². The van der Waals surface area contributed by atoms with Crippen LogP contribution >= 0.6 is 0 Å². The summed E-state index contributed by atoms with van der Waals surface area (Å²) in [6, 6.07) is -0.0903. The zero-order chi connectivity index (χ0) is 14.8. The third kappa shape index (κ3) is 4.02. The van der Waals surface area contributed by atoms with Crippen molar-refractivity contribution in [3.05, 3.63) is 11.7 Å². The molecule has 1 rings (SSSR count). The molecule has 0 fully saturated rings. The van der Waals surface area contributed by atoms with Crippen molar-refractivity contribution in [1.82, 2.24) is 19.9 Å². The average molecular weight is 268 g/mol. The zero-order valence-corrected chi connectivity index (χ0v) is 12.9. The number of hydrogen-bond donors (Lipinski definition) is 0. The SMILES string of the molecule is CC(c1nc(C(C)(C)C)no1)N(C)CC(=O)N(C)C. The second kappa shape index (κ2) is 5.69. The lowest BCUT2D eigenvalue weighted by Gasteiger charge is -2.22. The summed E-state index contributed by atoms with van der Waals surface area (Å²) in [5, 5.41) is 4.00. The van der Waals surface area contributed by atoms with Crippen LogP contribution in [0.1, 0.15) is 45.5 Å². The molecule has 0 saturated carbocycles. The topological polar surface area (TPSA) is 62.5 Å². The Morgan fingerprint density at radius 2 is 1.89 bits per heavy atom. The second-order valence-corrected chi connectivity index (χ2v) is 6.09. The Balaban J connectivity index is 2.75. The highest BCUT2D eigenvalue weighted by Gasteiger charge is 2.25. The van der Waals surface area contributed by atoms with Crippen LogP contribution < -0.4 is 0 Å². The van der Waals surface area contributed by atoms with Gasteiger partial charge >= 0.3 is 0 Å². The summed E-state index contributed by atoms with van der Waals surface area (Å²) in [5.41, 5.74) is -0.139. The van der Waals surface area contributed by atoms with Gasteiger partial charge in [-0.25, -0.2) is 0 Å². The second-order valence-electron chi connectivity index (χ2n) is 6.09. The lowest BCUT2D eigenvalue weighted by atomic mass is 9.96. The van der Waals surface area contributed by atoms with E-state index in [1.165, 1.54) is 0 Å². The third-order valence-electron chi connectivity index (χ3n) is 3.01. The van der Waals surface area contributed by atoms with Crippen molar-refractivity contribution in [1.29, 1.82) is 0 Å². The molecule has 6 nitrogen and oxygen atoms in total. The smallest absolute Gasteiger partial charge is 0.243 e. The molecule has 0 bridgehead atoms. The minimum Gasteiger partial charge on any atom is -0.348 e. The predicted molar refractivity (Wildman–Crippen MR) is 72.7 cm³/mol. The molecule has 0 aliphatic heterocycles. The van der Waals surface area contributed by atoms with Crippen LogP contribution in [0.15, 0.2) is 4.52 Å². The molecule has 0 N–H and O–H groups in total. The van der Waals surface area contributed by atoms with E-state index in [1.54, 1.807) is 19.0 Å². The van der Waals surface area contributed by atoms with Gasteiger partial charge in [0.2, 0.25) is 11.8 Å². The van der Waals surface area contributed by atoms with Crippen LogP contribution in [-0.2, 0) is 10.2 Å². The average Bonchev–Trinajstić information content (AvgIpc) is 2.76. The standard InChI is InChI=1S/C13H24N4O2/c1-9(17(7)8-10(18)16(5)6)11-14-12(15-19-11)13(2,3)4/h9H,8H2,1-7H3. The maximum Gasteiger partial charge on any atom is 0.243 e. The highest BCUT2D eigenvalue weighted by atomic mass is 16.5. The molecule has 6 heteroatoms. The van der Waals surface area contributed by atoms with Crippen LogP contribution in [0.3, 0.4) is 0 Å². The third-order valence-corrected chi connectivity index (χ3v) is 3.01. The van der Waals surface area contributed by atoms with E-state index in [4.69, 9.17) is 4.52 Å². The molecule has 1 atom stereocenters. The molecule has 0 aliphatic carbocycles. The van der Waals surface area contributed by atoms with Gasteiger partial charge in [-0.2, -0.15) is 4.98 Å². The Morgan fingerprint density at radius 3 is 2.32 bits per heavy atom. The molecule has 1 heterocycles. The van der Waals surface area contributed by atoms with Gasteiger partial charge < -0.3 is 9.42 Å². The molecular weight excluding hydrogens is 244 g/mol. The number of likely N-dealkylation sites (N-methyl/N-ethyl adjacent to an activating group) is 2. The van der Waals surface area contributed by atoms with E-state index in [9.17, 15) is 4.79 Å². The molecule has 1 aromatic heterocycles. The van der Waals surface area contributed by atoms with E-state index < -0.39 is 0 Å². The summed E-state index contributed by atoms with van der Waals surface area (Å²) >= 11 is 0. The van der Waals surface area contributed by atoms with Gasteiger partial charge in [0, 0.05) is 19.5 Å². The molecule has 0 aromatic carbocycles. The van der Waals surface area contributed by atoms with E-state index >= 15 is 0 Å².